The molecule has 0 radical (unpaired) electrons. The fraction of sp³-hybridized carbons (Fsp3) is 0.400. The van der Waals surface area contributed by atoms with Gasteiger partial charge in [-0.2, -0.15) is 5.10 Å². The Balaban J connectivity index is 2.12. The highest BCUT2D eigenvalue weighted by Gasteiger charge is 2.08. The number of nitrogens with zero attached hydrogens (tertiary/aromatic N) is 2. The summed E-state index contributed by atoms with van der Waals surface area (Å²) in [5.41, 5.74) is 10.4. The van der Waals surface area contributed by atoms with E-state index in [1.807, 2.05) is 17.9 Å². The molecule has 0 amide bonds. The summed E-state index contributed by atoms with van der Waals surface area (Å²) in [6.45, 7) is 3.72. The van der Waals surface area contributed by atoms with Crippen LogP contribution in [-0.2, 0) is 13.5 Å². The third kappa shape index (κ3) is 3.58. The zero-order valence-corrected chi connectivity index (χ0v) is 11.7. The molecule has 1 aromatic heterocycles. The maximum absolute atomic E-state index is 5.52. The third-order valence-electron chi connectivity index (χ3n) is 3.21. The van der Waals surface area contributed by atoms with Crippen molar-refractivity contribution < 1.29 is 0 Å². The second kappa shape index (κ2) is 6.38. The number of benzene rings is 1. The quantitative estimate of drug-likeness (QED) is 0.780. The van der Waals surface area contributed by atoms with Gasteiger partial charge < -0.3 is 11.1 Å². The van der Waals surface area contributed by atoms with E-state index >= 15 is 0 Å². The van der Waals surface area contributed by atoms with Crippen molar-refractivity contribution in [2.24, 2.45) is 12.8 Å². The molecule has 19 heavy (non-hydrogen) atoms. The largest absolute Gasteiger partial charge is 0.382 e. The fourth-order valence-corrected chi connectivity index (χ4v) is 2.16. The average Bonchev–Trinajstić information content (AvgIpc) is 2.72. The molecule has 1 aromatic carbocycles. The van der Waals surface area contributed by atoms with Crippen LogP contribution in [0.3, 0.4) is 0 Å². The van der Waals surface area contributed by atoms with E-state index in [-0.39, 0.29) is 0 Å². The van der Waals surface area contributed by atoms with Gasteiger partial charge >= 0.3 is 0 Å². The fourth-order valence-electron chi connectivity index (χ4n) is 2.16. The van der Waals surface area contributed by atoms with E-state index in [1.165, 1.54) is 16.8 Å². The number of nitrogens with two attached hydrogens (primary N) is 1. The summed E-state index contributed by atoms with van der Waals surface area (Å²) in [7, 11) is 1.99. The SMILES string of the molecule is Cc1cccc(Cc2c(NCCCN)cnn2C)c1. The van der Waals surface area contributed by atoms with Crippen molar-refractivity contribution in [1.29, 1.82) is 0 Å². The molecule has 1 heterocycles. The minimum Gasteiger partial charge on any atom is -0.382 e. The van der Waals surface area contributed by atoms with Crippen LogP contribution in [0.4, 0.5) is 5.69 Å². The van der Waals surface area contributed by atoms with Gasteiger partial charge in [-0.05, 0) is 25.5 Å². The molecular weight excluding hydrogens is 236 g/mol. The second-order valence-corrected chi connectivity index (χ2v) is 4.86. The molecule has 3 N–H and O–H groups in total. The Morgan fingerprint density at radius 1 is 1.37 bits per heavy atom. The van der Waals surface area contributed by atoms with Crippen LogP contribution >= 0.6 is 0 Å². The first kappa shape index (κ1) is 13.6. The standard InChI is InChI=1S/C15H22N4/c1-12-5-3-6-13(9-12)10-15-14(11-18-19(15)2)17-8-4-7-16/h3,5-6,9,11,17H,4,7-8,10,16H2,1-2H3. The molecule has 2 rings (SSSR count). The summed E-state index contributed by atoms with van der Waals surface area (Å²) in [5, 5.41) is 7.74. The van der Waals surface area contributed by atoms with Gasteiger partial charge in [0.2, 0.25) is 0 Å². The first-order chi connectivity index (χ1) is 9.20. The Labute approximate surface area is 114 Å². The van der Waals surface area contributed by atoms with E-state index in [9.17, 15) is 0 Å². The van der Waals surface area contributed by atoms with Gasteiger partial charge in [0.15, 0.2) is 0 Å². The van der Waals surface area contributed by atoms with Gasteiger partial charge in [0, 0.05) is 20.0 Å². The molecule has 4 nitrogen and oxygen atoms in total. The van der Waals surface area contributed by atoms with E-state index in [0.29, 0.717) is 6.54 Å². The molecule has 0 saturated heterocycles. The summed E-state index contributed by atoms with van der Waals surface area (Å²) in [4.78, 5) is 0. The minimum atomic E-state index is 0.709. The highest BCUT2D eigenvalue weighted by molar-refractivity contribution is 5.48. The number of hydrogen-bond donors (Lipinski definition) is 2. The van der Waals surface area contributed by atoms with Crippen molar-refractivity contribution in [3.8, 4) is 0 Å². The van der Waals surface area contributed by atoms with Crippen molar-refractivity contribution in [2.45, 2.75) is 19.8 Å². The third-order valence-corrected chi connectivity index (χ3v) is 3.21. The smallest absolute Gasteiger partial charge is 0.0762 e. The van der Waals surface area contributed by atoms with Crippen LogP contribution < -0.4 is 11.1 Å². The van der Waals surface area contributed by atoms with Crippen LogP contribution in [0, 0.1) is 6.92 Å². The van der Waals surface area contributed by atoms with Crippen LogP contribution in [-0.4, -0.2) is 22.9 Å². The number of aromatic nitrogens is 2. The summed E-state index contributed by atoms with van der Waals surface area (Å²) < 4.78 is 1.94. The van der Waals surface area contributed by atoms with Crippen molar-refractivity contribution in [3.05, 3.63) is 47.3 Å². The summed E-state index contributed by atoms with van der Waals surface area (Å²) in [5.74, 6) is 0. The molecule has 4 heteroatoms. The van der Waals surface area contributed by atoms with E-state index in [1.54, 1.807) is 0 Å². The van der Waals surface area contributed by atoms with E-state index in [0.717, 1.165) is 25.1 Å². The average molecular weight is 258 g/mol. The summed E-state index contributed by atoms with van der Waals surface area (Å²) in [6, 6.07) is 8.59. The maximum atomic E-state index is 5.52. The Kier molecular flexibility index (Phi) is 4.58. The molecule has 0 aliphatic rings. The molecule has 2 aromatic rings. The molecule has 0 spiro atoms. The molecule has 0 aliphatic carbocycles. The molecule has 0 fully saturated rings. The molecule has 102 valence electrons. The highest BCUT2D eigenvalue weighted by Crippen LogP contribution is 2.19. The summed E-state index contributed by atoms with van der Waals surface area (Å²) in [6.07, 6.45) is 3.75. The number of aryl methyl sites for hydroxylation is 2. The first-order valence-electron chi connectivity index (χ1n) is 6.71. The number of hydrogen-bond acceptors (Lipinski definition) is 3. The predicted molar refractivity (Wildman–Crippen MR) is 79.4 cm³/mol. The number of nitrogens with one attached hydrogen (secondary N) is 1. The molecule has 0 unspecified atom stereocenters. The van der Waals surface area contributed by atoms with Crippen LogP contribution in [0.15, 0.2) is 30.5 Å². The lowest BCUT2D eigenvalue weighted by molar-refractivity contribution is 0.724. The molecular formula is C15H22N4. The lowest BCUT2D eigenvalue weighted by atomic mass is 10.1. The Morgan fingerprint density at radius 2 is 2.21 bits per heavy atom. The van der Waals surface area contributed by atoms with Gasteiger partial charge in [-0.25, -0.2) is 0 Å². The Morgan fingerprint density at radius 3 is 2.95 bits per heavy atom. The normalized spacial score (nSPS) is 10.7. The zero-order chi connectivity index (χ0) is 13.7. The van der Waals surface area contributed by atoms with Crippen LogP contribution in [0.5, 0.6) is 0 Å². The van der Waals surface area contributed by atoms with Gasteiger partial charge in [-0.1, -0.05) is 29.8 Å². The summed E-state index contributed by atoms with van der Waals surface area (Å²) >= 11 is 0. The van der Waals surface area contributed by atoms with Crippen LogP contribution in [0.25, 0.3) is 0 Å². The molecule has 0 saturated carbocycles. The van der Waals surface area contributed by atoms with Gasteiger partial charge in [-0.3, -0.25) is 4.68 Å². The van der Waals surface area contributed by atoms with Crippen molar-refractivity contribution in [2.75, 3.05) is 18.4 Å². The van der Waals surface area contributed by atoms with E-state index < -0.39 is 0 Å². The van der Waals surface area contributed by atoms with E-state index in [2.05, 4.69) is 41.6 Å². The van der Waals surface area contributed by atoms with Crippen molar-refractivity contribution in [1.82, 2.24) is 9.78 Å². The maximum Gasteiger partial charge on any atom is 0.0762 e. The van der Waals surface area contributed by atoms with Crippen LogP contribution in [0.2, 0.25) is 0 Å². The highest BCUT2D eigenvalue weighted by atomic mass is 15.3. The Hall–Kier alpha value is -1.81. The minimum absolute atomic E-state index is 0.709. The van der Waals surface area contributed by atoms with E-state index in [4.69, 9.17) is 5.73 Å². The second-order valence-electron chi connectivity index (χ2n) is 4.86. The number of rotatable bonds is 6. The van der Waals surface area contributed by atoms with Crippen LogP contribution in [0.1, 0.15) is 23.2 Å². The van der Waals surface area contributed by atoms with Gasteiger partial charge in [0.25, 0.3) is 0 Å². The first-order valence-corrected chi connectivity index (χ1v) is 6.71. The van der Waals surface area contributed by atoms with Crippen molar-refractivity contribution in [3.63, 3.8) is 0 Å². The Bertz CT molecular complexity index is 531. The molecule has 0 bridgehead atoms. The lowest BCUT2D eigenvalue weighted by Gasteiger charge is -2.09. The lowest BCUT2D eigenvalue weighted by Crippen LogP contribution is -2.10. The van der Waals surface area contributed by atoms with Gasteiger partial charge in [-0.15, -0.1) is 0 Å². The number of anilines is 1. The van der Waals surface area contributed by atoms with Gasteiger partial charge in [0.1, 0.15) is 0 Å². The van der Waals surface area contributed by atoms with Crippen molar-refractivity contribution >= 4 is 5.69 Å². The van der Waals surface area contributed by atoms with Gasteiger partial charge in [0.05, 0.1) is 17.6 Å². The topological polar surface area (TPSA) is 55.9 Å². The molecule has 0 aliphatic heterocycles. The zero-order valence-electron chi connectivity index (χ0n) is 11.7. The predicted octanol–water partition coefficient (Wildman–Crippen LogP) is 2.08. The molecule has 0 atom stereocenters. The monoisotopic (exact) mass is 258 g/mol.